The van der Waals surface area contributed by atoms with Crippen molar-refractivity contribution in [1.29, 1.82) is 0 Å². The Labute approximate surface area is 165 Å². The SMILES string of the molecule is CC(=O)N1CCc2c(sc(NC(=O)c3ccc4ccccc4c3)c2C(N)=O)C1. The van der Waals surface area contributed by atoms with Gasteiger partial charge in [-0.3, -0.25) is 14.4 Å². The highest BCUT2D eigenvalue weighted by Crippen LogP contribution is 2.37. The number of anilines is 1. The van der Waals surface area contributed by atoms with Gasteiger partial charge in [-0.05, 0) is 34.9 Å². The molecule has 0 radical (unpaired) electrons. The summed E-state index contributed by atoms with van der Waals surface area (Å²) < 4.78 is 0. The summed E-state index contributed by atoms with van der Waals surface area (Å²) in [6, 6.07) is 13.3. The Morgan fingerprint density at radius 3 is 2.57 bits per heavy atom. The summed E-state index contributed by atoms with van der Waals surface area (Å²) in [4.78, 5) is 39.1. The molecule has 0 unspecified atom stereocenters. The molecule has 2 heterocycles. The normalized spacial score (nSPS) is 13.2. The Morgan fingerprint density at radius 1 is 1.11 bits per heavy atom. The number of thiophene rings is 1. The summed E-state index contributed by atoms with van der Waals surface area (Å²) in [6.45, 7) is 2.49. The number of hydrogen-bond acceptors (Lipinski definition) is 4. The van der Waals surface area contributed by atoms with Gasteiger partial charge in [0, 0.05) is 23.9 Å². The Bertz CT molecular complexity index is 1120. The fourth-order valence-corrected chi connectivity index (χ4v) is 4.79. The number of nitrogens with one attached hydrogen (secondary N) is 1. The molecule has 142 valence electrons. The van der Waals surface area contributed by atoms with Gasteiger partial charge in [0.25, 0.3) is 11.8 Å². The first-order valence-electron chi connectivity index (χ1n) is 8.94. The molecule has 3 aromatic rings. The quantitative estimate of drug-likeness (QED) is 0.716. The van der Waals surface area contributed by atoms with Crippen molar-refractivity contribution in [3.63, 3.8) is 0 Å². The first-order valence-corrected chi connectivity index (χ1v) is 9.75. The van der Waals surface area contributed by atoms with Crippen molar-refractivity contribution < 1.29 is 14.4 Å². The van der Waals surface area contributed by atoms with Crippen LogP contribution in [-0.2, 0) is 17.8 Å². The van der Waals surface area contributed by atoms with Crippen LogP contribution in [0.5, 0.6) is 0 Å². The van der Waals surface area contributed by atoms with E-state index >= 15 is 0 Å². The number of nitrogens with zero attached hydrogens (tertiary/aromatic N) is 1. The van der Waals surface area contributed by atoms with Crippen molar-refractivity contribution in [2.75, 3.05) is 11.9 Å². The molecule has 0 atom stereocenters. The van der Waals surface area contributed by atoms with Crippen LogP contribution in [0.4, 0.5) is 5.00 Å². The van der Waals surface area contributed by atoms with Gasteiger partial charge in [0.15, 0.2) is 0 Å². The predicted molar refractivity (Wildman–Crippen MR) is 110 cm³/mol. The summed E-state index contributed by atoms with van der Waals surface area (Å²) in [5.41, 5.74) is 7.30. The van der Waals surface area contributed by atoms with Crippen LogP contribution in [0.3, 0.4) is 0 Å². The number of amides is 3. The number of carbonyl (C=O) groups excluding carboxylic acids is 3. The number of rotatable bonds is 3. The van der Waals surface area contributed by atoms with E-state index in [2.05, 4.69) is 5.32 Å². The second kappa shape index (κ2) is 7.09. The Balaban J connectivity index is 1.66. The zero-order valence-corrected chi connectivity index (χ0v) is 16.1. The molecule has 1 aliphatic heterocycles. The number of fused-ring (bicyclic) bond motifs is 2. The summed E-state index contributed by atoms with van der Waals surface area (Å²) in [6.07, 6.45) is 0.551. The number of nitrogens with two attached hydrogens (primary N) is 1. The lowest BCUT2D eigenvalue weighted by Crippen LogP contribution is -2.34. The second-order valence-corrected chi connectivity index (χ2v) is 7.88. The van der Waals surface area contributed by atoms with Gasteiger partial charge in [-0.1, -0.05) is 30.3 Å². The Morgan fingerprint density at radius 2 is 1.86 bits per heavy atom. The molecule has 6 nitrogen and oxygen atoms in total. The maximum absolute atomic E-state index is 12.8. The van der Waals surface area contributed by atoms with Crippen LogP contribution in [0.25, 0.3) is 10.8 Å². The number of primary amides is 1. The lowest BCUT2D eigenvalue weighted by atomic mass is 10.0. The highest BCUT2D eigenvalue weighted by molar-refractivity contribution is 7.17. The predicted octanol–water partition coefficient (Wildman–Crippen LogP) is 3.16. The van der Waals surface area contributed by atoms with Crippen LogP contribution >= 0.6 is 11.3 Å². The lowest BCUT2D eigenvalue weighted by molar-refractivity contribution is -0.129. The molecule has 0 aliphatic carbocycles. The molecule has 3 N–H and O–H groups in total. The molecule has 0 spiro atoms. The van der Waals surface area contributed by atoms with E-state index in [0.717, 1.165) is 21.2 Å². The molecule has 0 fully saturated rings. The van der Waals surface area contributed by atoms with E-state index in [0.29, 0.717) is 35.6 Å². The van der Waals surface area contributed by atoms with Gasteiger partial charge in [0.2, 0.25) is 5.91 Å². The highest BCUT2D eigenvalue weighted by Gasteiger charge is 2.28. The van der Waals surface area contributed by atoms with Gasteiger partial charge in [0.1, 0.15) is 5.00 Å². The minimum atomic E-state index is -0.567. The molecule has 1 aromatic heterocycles. The molecular formula is C21H19N3O3S. The Kier molecular flexibility index (Phi) is 4.60. The van der Waals surface area contributed by atoms with Crippen molar-refractivity contribution >= 4 is 44.8 Å². The van der Waals surface area contributed by atoms with E-state index < -0.39 is 5.91 Å². The third-order valence-electron chi connectivity index (χ3n) is 4.99. The average molecular weight is 393 g/mol. The molecule has 4 rings (SSSR count). The number of hydrogen-bond donors (Lipinski definition) is 2. The summed E-state index contributed by atoms with van der Waals surface area (Å²) in [5, 5.41) is 5.31. The van der Waals surface area contributed by atoms with Gasteiger partial charge in [-0.2, -0.15) is 0 Å². The number of carbonyl (C=O) groups is 3. The fraction of sp³-hybridized carbons (Fsp3) is 0.190. The van der Waals surface area contributed by atoms with Crippen LogP contribution in [0.1, 0.15) is 38.1 Å². The zero-order valence-electron chi connectivity index (χ0n) is 15.3. The third-order valence-corrected chi connectivity index (χ3v) is 6.12. The third kappa shape index (κ3) is 3.25. The van der Waals surface area contributed by atoms with Crippen LogP contribution in [0, 0.1) is 0 Å². The van der Waals surface area contributed by atoms with Crippen LogP contribution < -0.4 is 11.1 Å². The van der Waals surface area contributed by atoms with Gasteiger partial charge in [0.05, 0.1) is 12.1 Å². The van der Waals surface area contributed by atoms with E-state index in [1.165, 1.54) is 18.3 Å². The van der Waals surface area contributed by atoms with E-state index in [-0.39, 0.29) is 11.8 Å². The molecule has 0 saturated heterocycles. The zero-order chi connectivity index (χ0) is 19.8. The summed E-state index contributed by atoms with van der Waals surface area (Å²) in [7, 11) is 0. The minimum Gasteiger partial charge on any atom is -0.365 e. The molecule has 0 bridgehead atoms. The Hall–Kier alpha value is -3.19. The van der Waals surface area contributed by atoms with E-state index in [4.69, 9.17) is 5.73 Å². The molecule has 0 saturated carbocycles. The molecule has 7 heteroatoms. The summed E-state index contributed by atoms with van der Waals surface area (Å²) in [5.74, 6) is -0.876. The summed E-state index contributed by atoms with van der Waals surface area (Å²) >= 11 is 1.31. The second-order valence-electron chi connectivity index (χ2n) is 6.78. The standard InChI is InChI=1S/C21H19N3O3S/c1-12(25)24-9-8-16-17(11-24)28-21(18(16)19(22)26)23-20(27)15-7-6-13-4-2-3-5-14(13)10-15/h2-7,10H,8-9,11H2,1H3,(H2,22,26)(H,23,27). The van der Waals surface area contributed by atoms with Crippen LogP contribution in [-0.4, -0.2) is 29.2 Å². The van der Waals surface area contributed by atoms with E-state index in [1.807, 2.05) is 36.4 Å². The fourth-order valence-electron chi connectivity index (χ4n) is 3.53. The van der Waals surface area contributed by atoms with Gasteiger partial charge < -0.3 is 16.0 Å². The van der Waals surface area contributed by atoms with Gasteiger partial charge >= 0.3 is 0 Å². The largest absolute Gasteiger partial charge is 0.365 e. The van der Waals surface area contributed by atoms with Crippen molar-refractivity contribution in [2.45, 2.75) is 19.9 Å². The molecule has 2 aromatic carbocycles. The molecule has 28 heavy (non-hydrogen) atoms. The first-order chi connectivity index (χ1) is 13.4. The van der Waals surface area contributed by atoms with E-state index in [9.17, 15) is 14.4 Å². The van der Waals surface area contributed by atoms with Gasteiger partial charge in [-0.25, -0.2) is 0 Å². The number of benzene rings is 2. The first kappa shape index (κ1) is 18.2. The van der Waals surface area contributed by atoms with Crippen LogP contribution in [0.2, 0.25) is 0 Å². The average Bonchev–Trinajstić information content (AvgIpc) is 3.04. The minimum absolute atomic E-state index is 0.0126. The highest BCUT2D eigenvalue weighted by atomic mass is 32.1. The maximum atomic E-state index is 12.8. The smallest absolute Gasteiger partial charge is 0.256 e. The van der Waals surface area contributed by atoms with Crippen molar-refractivity contribution in [1.82, 2.24) is 4.90 Å². The molecule has 3 amide bonds. The monoisotopic (exact) mass is 393 g/mol. The van der Waals surface area contributed by atoms with Gasteiger partial charge in [-0.15, -0.1) is 11.3 Å². The van der Waals surface area contributed by atoms with Crippen molar-refractivity contribution in [3.8, 4) is 0 Å². The maximum Gasteiger partial charge on any atom is 0.256 e. The molecule has 1 aliphatic rings. The van der Waals surface area contributed by atoms with Crippen LogP contribution in [0.15, 0.2) is 42.5 Å². The van der Waals surface area contributed by atoms with Crippen molar-refractivity contribution in [3.05, 3.63) is 64.0 Å². The lowest BCUT2D eigenvalue weighted by Gasteiger charge is -2.25. The topological polar surface area (TPSA) is 92.5 Å². The van der Waals surface area contributed by atoms with Crippen molar-refractivity contribution in [2.24, 2.45) is 5.73 Å². The molecular weight excluding hydrogens is 374 g/mol. The van der Waals surface area contributed by atoms with E-state index in [1.54, 1.807) is 11.0 Å².